The van der Waals surface area contributed by atoms with Gasteiger partial charge in [-0.05, 0) is 30.4 Å². The highest BCUT2D eigenvalue weighted by Gasteiger charge is 2.27. The lowest BCUT2D eigenvalue weighted by Gasteiger charge is -2.12. The van der Waals surface area contributed by atoms with Crippen LogP contribution < -0.4 is 15.6 Å². The first-order valence-electron chi connectivity index (χ1n) is 11.0. The number of nitrogens with zero attached hydrogens (tertiary/aromatic N) is 7. The SMILES string of the molecule is Cn1cc(C2CC2)cc(Nc2nc3ncc(Oc4cnn5ccncc45)c(C(F)F)c3n2C)c1=O. The van der Waals surface area contributed by atoms with Crippen molar-refractivity contribution in [2.24, 2.45) is 14.1 Å². The Labute approximate surface area is 196 Å². The number of ether oxygens (including phenoxy) is 1. The number of anilines is 2. The molecule has 0 aliphatic heterocycles. The number of pyridine rings is 2. The minimum absolute atomic E-state index is 0.102. The highest BCUT2D eigenvalue weighted by Crippen LogP contribution is 2.41. The van der Waals surface area contributed by atoms with Crippen molar-refractivity contribution < 1.29 is 13.5 Å². The number of aromatic nitrogens is 7. The Kier molecular flexibility index (Phi) is 4.76. The summed E-state index contributed by atoms with van der Waals surface area (Å²) in [5, 5.41) is 7.16. The molecule has 0 spiro atoms. The number of nitrogens with one attached hydrogen (secondary N) is 1. The van der Waals surface area contributed by atoms with Crippen molar-refractivity contribution in [3.8, 4) is 11.5 Å². The summed E-state index contributed by atoms with van der Waals surface area (Å²) in [6, 6.07) is 1.80. The lowest BCUT2D eigenvalue weighted by molar-refractivity contribution is 0.149. The maximum atomic E-state index is 14.3. The van der Waals surface area contributed by atoms with Gasteiger partial charge in [-0.3, -0.25) is 9.78 Å². The molecule has 5 aromatic heterocycles. The lowest BCUT2D eigenvalue weighted by atomic mass is 10.2. The van der Waals surface area contributed by atoms with E-state index in [1.54, 1.807) is 32.6 Å². The molecule has 5 heterocycles. The molecule has 5 aromatic rings. The molecule has 0 radical (unpaired) electrons. The Morgan fingerprint density at radius 2 is 2.00 bits per heavy atom. The van der Waals surface area contributed by atoms with E-state index >= 15 is 0 Å². The highest BCUT2D eigenvalue weighted by atomic mass is 19.3. The van der Waals surface area contributed by atoms with E-state index in [9.17, 15) is 13.6 Å². The van der Waals surface area contributed by atoms with E-state index in [0.717, 1.165) is 18.4 Å². The second-order valence-electron chi connectivity index (χ2n) is 8.52. The van der Waals surface area contributed by atoms with Gasteiger partial charge in [-0.25, -0.2) is 18.3 Å². The first kappa shape index (κ1) is 21.2. The fraction of sp³-hybridized carbons (Fsp3) is 0.261. The summed E-state index contributed by atoms with van der Waals surface area (Å²) in [6.45, 7) is 0. The number of imidazole rings is 1. The number of hydrogen-bond donors (Lipinski definition) is 1. The number of fused-ring (bicyclic) bond motifs is 2. The minimum Gasteiger partial charge on any atom is -0.451 e. The van der Waals surface area contributed by atoms with Crippen LogP contribution in [-0.4, -0.2) is 33.7 Å². The fourth-order valence-corrected chi connectivity index (χ4v) is 4.18. The van der Waals surface area contributed by atoms with Gasteiger partial charge in [0.05, 0.1) is 24.2 Å². The van der Waals surface area contributed by atoms with Crippen molar-refractivity contribution in [2.45, 2.75) is 25.2 Å². The van der Waals surface area contributed by atoms with Crippen LogP contribution in [0.15, 0.2) is 48.0 Å². The molecular formula is C23H20F2N8O2. The van der Waals surface area contributed by atoms with E-state index in [0.29, 0.717) is 17.1 Å². The second kappa shape index (κ2) is 7.86. The summed E-state index contributed by atoms with van der Waals surface area (Å²) in [5.41, 5.74) is 1.50. The largest absolute Gasteiger partial charge is 0.451 e. The van der Waals surface area contributed by atoms with Crippen LogP contribution in [0.5, 0.6) is 11.5 Å². The zero-order valence-electron chi connectivity index (χ0n) is 18.8. The van der Waals surface area contributed by atoms with Crippen molar-refractivity contribution in [1.29, 1.82) is 0 Å². The summed E-state index contributed by atoms with van der Waals surface area (Å²) in [5.74, 6) is 0.802. The van der Waals surface area contributed by atoms with Gasteiger partial charge in [0.25, 0.3) is 12.0 Å². The predicted octanol–water partition coefficient (Wildman–Crippen LogP) is 4.06. The molecule has 1 N–H and O–H groups in total. The standard InChI is InChI=1S/C23H20F2N8O2/c1-31-11-13(12-3-4-12)7-14(22(31)34)29-23-30-21-19(32(23)2)18(20(24)25)17(9-27-21)35-16-10-28-33-6-5-26-8-15(16)33/h5-12,20H,3-4H2,1-2H3,(H,27,29,30). The Hall–Kier alpha value is -4.35. The van der Waals surface area contributed by atoms with Crippen LogP contribution in [-0.2, 0) is 14.1 Å². The molecular weight excluding hydrogens is 458 g/mol. The maximum absolute atomic E-state index is 14.3. The van der Waals surface area contributed by atoms with Gasteiger partial charge in [0.15, 0.2) is 17.1 Å². The number of rotatable bonds is 6. The Morgan fingerprint density at radius 3 is 2.77 bits per heavy atom. The van der Waals surface area contributed by atoms with Crippen molar-refractivity contribution in [3.63, 3.8) is 0 Å². The van der Waals surface area contributed by atoms with Gasteiger partial charge in [0.2, 0.25) is 5.95 Å². The molecule has 0 bridgehead atoms. The van der Waals surface area contributed by atoms with Gasteiger partial charge in [-0.2, -0.15) is 10.1 Å². The predicted molar refractivity (Wildman–Crippen MR) is 123 cm³/mol. The van der Waals surface area contributed by atoms with Gasteiger partial charge >= 0.3 is 0 Å². The van der Waals surface area contributed by atoms with Crippen LogP contribution in [0.4, 0.5) is 20.4 Å². The van der Waals surface area contributed by atoms with Crippen molar-refractivity contribution in [1.82, 2.24) is 33.7 Å². The normalized spacial score (nSPS) is 13.7. The van der Waals surface area contributed by atoms with E-state index in [1.807, 2.05) is 6.20 Å². The Bertz CT molecular complexity index is 1650. The average molecular weight is 478 g/mol. The third-order valence-corrected chi connectivity index (χ3v) is 6.13. The highest BCUT2D eigenvalue weighted by molar-refractivity contribution is 5.82. The molecule has 35 heavy (non-hydrogen) atoms. The number of hydrogen-bond acceptors (Lipinski definition) is 7. The summed E-state index contributed by atoms with van der Waals surface area (Å²) in [7, 11) is 3.27. The summed E-state index contributed by atoms with van der Waals surface area (Å²) < 4.78 is 39.0. The van der Waals surface area contributed by atoms with E-state index in [2.05, 4.69) is 25.4 Å². The second-order valence-corrected chi connectivity index (χ2v) is 8.52. The third-order valence-electron chi connectivity index (χ3n) is 6.13. The van der Waals surface area contributed by atoms with E-state index in [-0.39, 0.29) is 39.7 Å². The quantitative estimate of drug-likeness (QED) is 0.392. The molecule has 178 valence electrons. The molecule has 1 saturated carbocycles. The van der Waals surface area contributed by atoms with Crippen LogP contribution in [0, 0.1) is 0 Å². The molecule has 6 rings (SSSR count). The fourth-order valence-electron chi connectivity index (χ4n) is 4.18. The number of alkyl halides is 2. The number of aryl methyl sites for hydroxylation is 2. The molecule has 10 nitrogen and oxygen atoms in total. The molecule has 1 fully saturated rings. The molecule has 0 atom stereocenters. The minimum atomic E-state index is -2.87. The van der Waals surface area contributed by atoms with Crippen molar-refractivity contribution in [2.75, 3.05) is 5.32 Å². The molecule has 1 aliphatic rings. The zero-order valence-corrected chi connectivity index (χ0v) is 18.8. The molecule has 0 amide bonds. The van der Waals surface area contributed by atoms with Crippen molar-refractivity contribution >= 4 is 28.3 Å². The Morgan fingerprint density at radius 1 is 1.17 bits per heavy atom. The van der Waals surface area contributed by atoms with Gasteiger partial charge < -0.3 is 19.2 Å². The van der Waals surface area contributed by atoms with Crippen LogP contribution in [0.1, 0.15) is 36.3 Å². The molecule has 0 saturated heterocycles. The molecule has 0 unspecified atom stereocenters. The van der Waals surface area contributed by atoms with Crippen LogP contribution >= 0.6 is 0 Å². The topological polar surface area (TPSA) is 104 Å². The van der Waals surface area contributed by atoms with Gasteiger partial charge in [-0.1, -0.05) is 0 Å². The van der Waals surface area contributed by atoms with Crippen molar-refractivity contribution in [3.05, 3.63) is 64.7 Å². The monoisotopic (exact) mass is 478 g/mol. The van der Waals surface area contributed by atoms with E-state index < -0.39 is 6.43 Å². The van der Waals surface area contributed by atoms with E-state index in [1.165, 1.54) is 32.2 Å². The van der Waals surface area contributed by atoms with Crippen LogP contribution in [0.3, 0.4) is 0 Å². The van der Waals surface area contributed by atoms with Gasteiger partial charge in [0, 0.05) is 32.7 Å². The average Bonchev–Trinajstić information content (AvgIpc) is 3.55. The first-order chi connectivity index (χ1) is 16.9. The van der Waals surface area contributed by atoms with Gasteiger partial charge in [-0.15, -0.1) is 0 Å². The maximum Gasteiger partial charge on any atom is 0.274 e. The zero-order chi connectivity index (χ0) is 24.3. The molecule has 0 aromatic carbocycles. The first-order valence-corrected chi connectivity index (χ1v) is 11.0. The van der Waals surface area contributed by atoms with E-state index in [4.69, 9.17) is 4.74 Å². The summed E-state index contributed by atoms with van der Waals surface area (Å²) in [6.07, 6.45) is 8.47. The van der Waals surface area contributed by atoms with Crippen LogP contribution in [0.25, 0.3) is 16.7 Å². The summed E-state index contributed by atoms with van der Waals surface area (Å²) >= 11 is 0. The lowest BCUT2D eigenvalue weighted by Crippen LogP contribution is -2.20. The third kappa shape index (κ3) is 3.57. The number of halogens is 2. The summed E-state index contributed by atoms with van der Waals surface area (Å²) in [4.78, 5) is 25.4. The molecule has 12 heteroatoms. The Balaban J connectivity index is 1.43. The smallest absolute Gasteiger partial charge is 0.274 e. The molecule has 1 aliphatic carbocycles. The van der Waals surface area contributed by atoms with Gasteiger partial charge in [0.1, 0.15) is 16.7 Å². The van der Waals surface area contributed by atoms with Crippen LogP contribution in [0.2, 0.25) is 0 Å².